The zero-order valence-electron chi connectivity index (χ0n) is 21.2. The zero-order chi connectivity index (χ0) is 27.6. The lowest BCUT2D eigenvalue weighted by Gasteiger charge is -2.11. The van der Waals surface area contributed by atoms with E-state index in [0.29, 0.717) is 28.6 Å². The second-order valence-corrected chi connectivity index (χ2v) is 10.8. The average molecular weight is 548 g/mol. The van der Waals surface area contributed by atoms with E-state index in [0.717, 1.165) is 23.0 Å². The van der Waals surface area contributed by atoms with Crippen LogP contribution in [0, 0.1) is 0 Å². The van der Waals surface area contributed by atoms with Crippen LogP contribution in [-0.4, -0.2) is 40.6 Å². The highest BCUT2D eigenvalue weighted by atomic mass is 32.2. The van der Waals surface area contributed by atoms with Crippen LogP contribution in [-0.2, 0) is 10.0 Å². The summed E-state index contributed by atoms with van der Waals surface area (Å²) in [5, 5.41) is 15.0. The summed E-state index contributed by atoms with van der Waals surface area (Å²) in [6.45, 7) is 4.05. The van der Waals surface area contributed by atoms with Gasteiger partial charge < -0.3 is 14.6 Å². The molecule has 0 aliphatic carbocycles. The monoisotopic (exact) mass is 547 g/mol. The van der Waals surface area contributed by atoms with Gasteiger partial charge in [0.15, 0.2) is 5.58 Å². The van der Waals surface area contributed by atoms with Gasteiger partial charge in [-0.15, -0.1) is 0 Å². The van der Waals surface area contributed by atoms with E-state index in [1.54, 1.807) is 47.3 Å². The van der Waals surface area contributed by atoms with E-state index in [1.165, 1.54) is 12.3 Å². The van der Waals surface area contributed by atoms with E-state index in [2.05, 4.69) is 30.6 Å². The van der Waals surface area contributed by atoms with Gasteiger partial charge in [0.25, 0.3) is 0 Å². The molecule has 2 amide bonds. The Bertz CT molecular complexity index is 1740. The molecule has 3 N–H and O–H groups in total. The number of nitrogens with one attached hydrogen (secondary N) is 3. The summed E-state index contributed by atoms with van der Waals surface area (Å²) in [5.74, 6) is 1.68. The van der Waals surface area contributed by atoms with Gasteiger partial charge in [-0.05, 0) is 54.4 Å². The molecule has 3 heterocycles. The van der Waals surface area contributed by atoms with Crippen molar-refractivity contribution in [1.82, 2.24) is 19.9 Å². The lowest BCUT2D eigenvalue weighted by molar-refractivity contribution is 0.262. The Kier molecular flexibility index (Phi) is 6.90. The van der Waals surface area contributed by atoms with Gasteiger partial charge in [0, 0.05) is 29.4 Å². The van der Waals surface area contributed by atoms with E-state index in [9.17, 15) is 13.2 Å². The van der Waals surface area contributed by atoms with Crippen LogP contribution in [0.2, 0.25) is 0 Å². The van der Waals surface area contributed by atoms with Gasteiger partial charge in [-0.2, -0.15) is 5.10 Å². The van der Waals surface area contributed by atoms with Gasteiger partial charge in [0.1, 0.15) is 23.1 Å². The second-order valence-electron chi connectivity index (χ2n) is 9.03. The molecule has 0 radical (unpaired) electrons. The fourth-order valence-electron chi connectivity index (χ4n) is 3.70. The van der Waals surface area contributed by atoms with Crippen LogP contribution < -0.4 is 20.1 Å². The lowest BCUT2D eigenvalue weighted by Crippen LogP contribution is -2.21. The lowest BCUT2D eigenvalue weighted by atomic mass is 10.1. The summed E-state index contributed by atoms with van der Waals surface area (Å²) in [5.41, 5.74) is 2.77. The first-order valence-corrected chi connectivity index (χ1v) is 13.8. The molecule has 0 saturated heterocycles. The molecule has 0 aliphatic rings. The van der Waals surface area contributed by atoms with Crippen LogP contribution in [0.3, 0.4) is 0 Å². The predicted molar refractivity (Wildman–Crippen MR) is 147 cm³/mol. The van der Waals surface area contributed by atoms with E-state index < -0.39 is 16.1 Å². The molecule has 0 unspecified atom stereocenters. The van der Waals surface area contributed by atoms with Crippen molar-refractivity contribution in [3.8, 4) is 17.2 Å². The maximum atomic E-state index is 12.9. The van der Waals surface area contributed by atoms with Crippen molar-refractivity contribution < 1.29 is 22.5 Å². The number of urea groups is 1. The number of fused-ring (bicyclic) bond motifs is 1. The number of amides is 2. The van der Waals surface area contributed by atoms with Gasteiger partial charge in [0.05, 0.1) is 23.8 Å². The second kappa shape index (κ2) is 10.5. The summed E-state index contributed by atoms with van der Waals surface area (Å²) in [7, 11) is -3.46. The Hall–Kier alpha value is -4.91. The minimum Gasteiger partial charge on any atom is -0.457 e. The normalized spacial score (nSPS) is 11.5. The first kappa shape index (κ1) is 25.7. The zero-order valence-corrected chi connectivity index (χ0v) is 22.1. The maximum Gasteiger partial charge on any atom is 0.324 e. The minimum atomic E-state index is -3.46. The van der Waals surface area contributed by atoms with Crippen LogP contribution in [0.1, 0.15) is 25.5 Å². The Labute approximate surface area is 224 Å². The number of pyridine rings is 1. The number of nitrogens with zero attached hydrogens (tertiary/aromatic N) is 4. The molecule has 0 aliphatic heterocycles. The SMILES string of the molecule is CC(C)c1cc(NC(=O)Nc2ccc(Oc3ccnc(NS(C)(=O)=O)c3)cc2)n(-c2ccc3oncc3c2)n1. The summed E-state index contributed by atoms with van der Waals surface area (Å²) in [6.07, 6.45) is 4.10. The van der Waals surface area contributed by atoms with Crippen LogP contribution in [0.4, 0.5) is 22.1 Å². The Morgan fingerprint density at radius 2 is 1.79 bits per heavy atom. The van der Waals surface area contributed by atoms with E-state index in [-0.39, 0.29) is 11.7 Å². The number of benzene rings is 2. The first-order valence-electron chi connectivity index (χ1n) is 11.9. The van der Waals surface area contributed by atoms with Gasteiger partial charge in [0.2, 0.25) is 10.0 Å². The fourth-order valence-corrected chi connectivity index (χ4v) is 4.19. The molecule has 5 aromatic rings. The standard InChI is InChI=1S/C26H25N7O5S/c1-16(2)22-14-25(33(31-22)19-6-9-23-17(12-19)15-28-38-23)30-26(34)29-18-4-7-20(8-5-18)37-21-10-11-27-24(13-21)32-39(3,35)36/h4-16H,1-3H3,(H,27,32)(H2,29,30,34). The average Bonchev–Trinajstić information content (AvgIpc) is 3.51. The van der Waals surface area contributed by atoms with Crippen molar-refractivity contribution in [3.05, 3.63) is 78.8 Å². The molecule has 0 fully saturated rings. The molecule has 13 heteroatoms. The number of carbonyl (C=O) groups is 1. The van der Waals surface area contributed by atoms with Crippen molar-refractivity contribution in [2.45, 2.75) is 19.8 Å². The number of carbonyl (C=O) groups excluding carboxylic acids is 1. The Morgan fingerprint density at radius 1 is 1.00 bits per heavy atom. The molecule has 0 spiro atoms. The molecular weight excluding hydrogens is 522 g/mol. The highest BCUT2D eigenvalue weighted by molar-refractivity contribution is 7.92. The predicted octanol–water partition coefficient (Wildman–Crippen LogP) is 5.34. The van der Waals surface area contributed by atoms with E-state index >= 15 is 0 Å². The topological polar surface area (TPSA) is 153 Å². The fraction of sp³-hybridized carbons (Fsp3) is 0.154. The molecule has 200 valence electrons. The van der Waals surface area contributed by atoms with Crippen LogP contribution in [0.25, 0.3) is 16.7 Å². The number of rotatable bonds is 8. The summed E-state index contributed by atoms with van der Waals surface area (Å²) < 4.78 is 37.8. The largest absolute Gasteiger partial charge is 0.457 e. The summed E-state index contributed by atoms with van der Waals surface area (Å²) >= 11 is 0. The van der Waals surface area contributed by atoms with Gasteiger partial charge in [-0.1, -0.05) is 19.0 Å². The maximum absolute atomic E-state index is 12.9. The first-order chi connectivity index (χ1) is 18.6. The third-order valence-electron chi connectivity index (χ3n) is 5.51. The summed E-state index contributed by atoms with van der Waals surface area (Å²) in [6, 6.07) is 16.7. The van der Waals surface area contributed by atoms with E-state index in [4.69, 9.17) is 9.26 Å². The molecular formula is C26H25N7O5S. The van der Waals surface area contributed by atoms with Crippen molar-refractivity contribution in [1.29, 1.82) is 0 Å². The molecule has 2 aromatic carbocycles. The van der Waals surface area contributed by atoms with E-state index in [1.807, 2.05) is 32.0 Å². The number of sulfonamides is 1. The van der Waals surface area contributed by atoms with Gasteiger partial charge in [-0.3, -0.25) is 10.0 Å². The number of hydrogen-bond donors (Lipinski definition) is 3. The number of aromatic nitrogens is 4. The number of anilines is 3. The van der Waals surface area contributed by atoms with Crippen LogP contribution in [0.5, 0.6) is 11.5 Å². The molecule has 12 nitrogen and oxygen atoms in total. The Morgan fingerprint density at radius 3 is 2.54 bits per heavy atom. The molecule has 5 rings (SSSR count). The number of ether oxygens (including phenoxy) is 1. The van der Waals surface area contributed by atoms with Crippen molar-refractivity contribution in [3.63, 3.8) is 0 Å². The molecule has 3 aromatic heterocycles. The highest BCUT2D eigenvalue weighted by Gasteiger charge is 2.16. The summed E-state index contributed by atoms with van der Waals surface area (Å²) in [4.78, 5) is 16.8. The van der Waals surface area contributed by atoms with Gasteiger partial charge in [-0.25, -0.2) is 22.9 Å². The molecule has 0 saturated carbocycles. The van der Waals surface area contributed by atoms with Crippen LogP contribution >= 0.6 is 0 Å². The van der Waals surface area contributed by atoms with Crippen molar-refractivity contribution >= 4 is 44.3 Å². The quantitative estimate of drug-likeness (QED) is 0.235. The molecule has 0 atom stereocenters. The highest BCUT2D eigenvalue weighted by Crippen LogP contribution is 2.26. The van der Waals surface area contributed by atoms with Crippen LogP contribution in [0.15, 0.2) is 77.6 Å². The number of hydrogen-bond acceptors (Lipinski definition) is 8. The third kappa shape index (κ3) is 6.33. The minimum absolute atomic E-state index is 0.145. The Balaban J connectivity index is 1.27. The van der Waals surface area contributed by atoms with Gasteiger partial charge >= 0.3 is 6.03 Å². The molecule has 0 bridgehead atoms. The molecule has 39 heavy (non-hydrogen) atoms. The van der Waals surface area contributed by atoms with Crippen molar-refractivity contribution in [2.75, 3.05) is 21.6 Å². The van der Waals surface area contributed by atoms with Crippen molar-refractivity contribution in [2.24, 2.45) is 0 Å². The smallest absolute Gasteiger partial charge is 0.324 e. The third-order valence-corrected chi connectivity index (χ3v) is 6.09.